The summed E-state index contributed by atoms with van der Waals surface area (Å²) < 4.78 is 32.6. The highest BCUT2D eigenvalue weighted by atomic mass is 19.1. The second-order valence-electron chi connectivity index (χ2n) is 5.86. The standard InChI is InChI=1S/C20H18F2N6O/c1-2-8-24-19-15(22)12-26-20(27-19)16(23)10-18(17-7-9-29-28-17)25-11-13-5-3-4-6-14(13)21/h2-7,9-10,12,23,25H,1,8,11H2,(H,24,26,27)/b18-10-,23-16?. The average molecular weight is 396 g/mol. The summed E-state index contributed by atoms with van der Waals surface area (Å²) >= 11 is 0. The topological polar surface area (TPSA) is 99.7 Å². The molecule has 0 bridgehead atoms. The van der Waals surface area contributed by atoms with Crippen LogP contribution in [0.25, 0.3) is 5.70 Å². The molecular formula is C20H18F2N6O. The number of aromatic nitrogens is 3. The average Bonchev–Trinajstić information content (AvgIpc) is 3.26. The molecule has 0 fully saturated rings. The van der Waals surface area contributed by atoms with E-state index in [2.05, 4.69) is 32.3 Å². The molecule has 0 radical (unpaired) electrons. The van der Waals surface area contributed by atoms with Gasteiger partial charge in [0.05, 0.1) is 11.9 Å². The minimum Gasteiger partial charge on any atom is -0.379 e. The normalized spacial score (nSPS) is 11.2. The van der Waals surface area contributed by atoms with E-state index in [1.807, 2.05) is 0 Å². The van der Waals surface area contributed by atoms with Crippen LogP contribution in [0.4, 0.5) is 14.6 Å². The van der Waals surface area contributed by atoms with Crippen LogP contribution in [0.1, 0.15) is 17.1 Å². The summed E-state index contributed by atoms with van der Waals surface area (Å²) in [4.78, 5) is 7.89. The molecule has 0 unspecified atom stereocenters. The molecule has 0 aliphatic heterocycles. The number of anilines is 1. The molecule has 0 saturated carbocycles. The first-order chi connectivity index (χ1) is 14.1. The number of nitrogens with zero attached hydrogens (tertiary/aromatic N) is 3. The summed E-state index contributed by atoms with van der Waals surface area (Å²) in [6.45, 7) is 4.02. The van der Waals surface area contributed by atoms with Crippen LogP contribution in [-0.2, 0) is 6.54 Å². The zero-order valence-corrected chi connectivity index (χ0v) is 15.3. The fourth-order valence-electron chi connectivity index (χ4n) is 2.40. The third kappa shape index (κ3) is 5.10. The summed E-state index contributed by atoms with van der Waals surface area (Å²) in [5.74, 6) is -1.02. The number of nitrogens with one attached hydrogen (secondary N) is 3. The van der Waals surface area contributed by atoms with E-state index in [0.717, 1.165) is 6.20 Å². The molecule has 2 heterocycles. The maximum atomic E-state index is 13.9. The molecule has 3 N–H and O–H groups in total. The molecule has 0 atom stereocenters. The summed E-state index contributed by atoms with van der Waals surface area (Å²) in [6.07, 6.45) is 5.34. The molecule has 3 rings (SSSR count). The quantitative estimate of drug-likeness (QED) is 0.378. The van der Waals surface area contributed by atoms with Crippen molar-refractivity contribution in [2.24, 2.45) is 0 Å². The van der Waals surface area contributed by atoms with Crippen molar-refractivity contribution in [1.29, 1.82) is 5.41 Å². The van der Waals surface area contributed by atoms with Crippen molar-refractivity contribution in [2.75, 3.05) is 11.9 Å². The molecule has 3 aromatic rings. The largest absolute Gasteiger partial charge is 0.379 e. The van der Waals surface area contributed by atoms with E-state index in [1.165, 1.54) is 18.4 Å². The predicted molar refractivity (Wildman–Crippen MR) is 105 cm³/mol. The summed E-state index contributed by atoms with van der Waals surface area (Å²) in [7, 11) is 0. The van der Waals surface area contributed by atoms with Crippen LogP contribution >= 0.6 is 0 Å². The Balaban J connectivity index is 1.85. The highest BCUT2D eigenvalue weighted by molar-refractivity contribution is 6.07. The van der Waals surface area contributed by atoms with Crippen LogP contribution in [0.2, 0.25) is 0 Å². The molecule has 1 aromatic carbocycles. The highest BCUT2D eigenvalue weighted by Crippen LogP contribution is 2.14. The Morgan fingerprint density at radius 2 is 2.03 bits per heavy atom. The minimum atomic E-state index is -0.637. The SMILES string of the molecule is C=CCNc1nc(C(=N)/C=C(\NCc2ccccc2F)c2ccon2)ncc1F. The van der Waals surface area contributed by atoms with Gasteiger partial charge in [-0.25, -0.2) is 18.7 Å². The predicted octanol–water partition coefficient (Wildman–Crippen LogP) is 3.54. The molecule has 0 aliphatic carbocycles. The van der Waals surface area contributed by atoms with Gasteiger partial charge in [-0.2, -0.15) is 0 Å². The second-order valence-corrected chi connectivity index (χ2v) is 5.86. The van der Waals surface area contributed by atoms with Gasteiger partial charge in [-0.1, -0.05) is 29.4 Å². The first-order valence-electron chi connectivity index (χ1n) is 8.64. The van der Waals surface area contributed by atoms with Gasteiger partial charge in [0.25, 0.3) is 0 Å². The maximum absolute atomic E-state index is 13.9. The van der Waals surface area contributed by atoms with Crippen LogP contribution in [-0.4, -0.2) is 27.4 Å². The van der Waals surface area contributed by atoms with Crippen molar-refractivity contribution in [2.45, 2.75) is 6.54 Å². The lowest BCUT2D eigenvalue weighted by Gasteiger charge is -2.10. The van der Waals surface area contributed by atoms with Gasteiger partial charge in [-0.3, -0.25) is 5.41 Å². The number of allylic oxidation sites excluding steroid dienone is 1. The van der Waals surface area contributed by atoms with Crippen LogP contribution in [0.3, 0.4) is 0 Å². The van der Waals surface area contributed by atoms with Gasteiger partial charge in [-0.15, -0.1) is 6.58 Å². The van der Waals surface area contributed by atoms with E-state index in [9.17, 15) is 8.78 Å². The van der Waals surface area contributed by atoms with Crippen molar-refractivity contribution in [3.05, 3.63) is 90.2 Å². The van der Waals surface area contributed by atoms with Crippen LogP contribution < -0.4 is 10.6 Å². The molecule has 0 amide bonds. The van der Waals surface area contributed by atoms with Gasteiger partial charge >= 0.3 is 0 Å². The molecule has 0 spiro atoms. The Kier molecular flexibility index (Phi) is 6.41. The molecule has 29 heavy (non-hydrogen) atoms. The number of hydrogen-bond donors (Lipinski definition) is 3. The zero-order valence-electron chi connectivity index (χ0n) is 15.3. The third-order valence-corrected chi connectivity index (χ3v) is 3.83. The smallest absolute Gasteiger partial charge is 0.183 e. The summed E-state index contributed by atoms with van der Waals surface area (Å²) in [5.41, 5.74) is 1.17. The Morgan fingerprint density at radius 3 is 2.76 bits per heavy atom. The lowest BCUT2D eigenvalue weighted by molar-refractivity contribution is 0.417. The lowest BCUT2D eigenvalue weighted by Crippen LogP contribution is -2.16. The fraction of sp³-hybridized carbons (Fsp3) is 0.100. The maximum Gasteiger partial charge on any atom is 0.183 e. The Bertz CT molecular complexity index is 1030. The molecule has 2 aromatic heterocycles. The van der Waals surface area contributed by atoms with Gasteiger partial charge in [-0.05, 0) is 12.1 Å². The summed E-state index contributed by atoms with van der Waals surface area (Å²) in [5, 5.41) is 17.9. The van der Waals surface area contributed by atoms with E-state index in [4.69, 9.17) is 9.93 Å². The zero-order chi connectivity index (χ0) is 20.6. The fourth-order valence-corrected chi connectivity index (χ4v) is 2.40. The molecule has 9 heteroatoms. The van der Waals surface area contributed by atoms with E-state index in [0.29, 0.717) is 23.5 Å². The third-order valence-electron chi connectivity index (χ3n) is 3.83. The minimum absolute atomic E-state index is 0.00616. The van der Waals surface area contributed by atoms with Crippen molar-refractivity contribution >= 4 is 17.2 Å². The molecule has 148 valence electrons. The first-order valence-corrected chi connectivity index (χ1v) is 8.64. The Labute approximate surface area is 165 Å². The van der Waals surface area contributed by atoms with Crippen molar-refractivity contribution in [3.8, 4) is 0 Å². The number of hydrogen-bond acceptors (Lipinski definition) is 7. The van der Waals surface area contributed by atoms with Crippen molar-refractivity contribution < 1.29 is 13.3 Å². The van der Waals surface area contributed by atoms with Gasteiger partial charge in [0.1, 0.15) is 23.5 Å². The van der Waals surface area contributed by atoms with Crippen molar-refractivity contribution in [1.82, 2.24) is 20.4 Å². The summed E-state index contributed by atoms with van der Waals surface area (Å²) in [6, 6.07) is 7.94. The van der Waals surface area contributed by atoms with E-state index in [-0.39, 0.29) is 29.7 Å². The highest BCUT2D eigenvalue weighted by Gasteiger charge is 2.13. The Morgan fingerprint density at radius 1 is 1.21 bits per heavy atom. The first kappa shape index (κ1) is 19.9. The van der Waals surface area contributed by atoms with E-state index in [1.54, 1.807) is 30.3 Å². The molecule has 7 nitrogen and oxygen atoms in total. The monoisotopic (exact) mass is 396 g/mol. The van der Waals surface area contributed by atoms with Gasteiger partial charge in [0, 0.05) is 24.7 Å². The van der Waals surface area contributed by atoms with Crippen LogP contribution in [0, 0.1) is 17.0 Å². The van der Waals surface area contributed by atoms with Gasteiger partial charge < -0.3 is 15.2 Å². The van der Waals surface area contributed by atoms with E-state index >= 15 is 0 Å². The molecular weight excluding hydrogens is 378 g/mol. The van der Waals surface area contributed by atoms with Crippen LogP contribution in [0.5, 0.6) is 0 Å². The molecule has 0 saturated heterocycles. The second kappa shape index (κ2) is 9.36. The molecule has 0 aliphatic rings. The number of benzene rings is 1. The van der Waals surface area contributed by atoms with Gasteiger partial charge in [0.2, 0.25) is 0 Å². The van der Waals surface area contributed by atoms with Gasteiger partial charge in [0.15, 0.2) is 17.5 Å². The lowest BCUT2D eigenvalue weighted by atomic mass is 10.2. The number of rotatable bonds is 9. The number of halogens is 2. The van der Waals surface area contributed by atoms with E-state index < -0.39 is 5.82 Å². The van der Waals surface area contributed by atoms with Crippen molar-refractivity contribution in [3.63, 3.8) is 0 Å². The van der Waals surface area contributed by atoms with Crippen LogP contribution in [0.15, 0.2) is 66.0 Å². The Hall–Kier alpha value is -3.88.